The van der Waals surface area contributed by atoms with E-state index in [1.54, 1.807) is 12.1 Å². The minimum atomic E-state index is -1.05. The van der Waals surface area contributed by atoms with Crippen LogP contribution in [-0.4, -0.2) is 35.3 Å². The molecule has 1 rings (SSSR count). The molecule has 2 amide bonds. The largest absolute Gasteiger partial charge is 0.508 e. The van der Waals surface area contributed by atoms with Crippen LogP contribution in [0.5, 0.6) is 5.75 Å². The molecule has 0 aliphatic carbocycles. The molecule has 1 aromatic carbocycles. The third kappa shape index (κ3) is 4.46. The van der Waals surface area contributed by atoms with E-state index in [1.807, 2.05) is 6.92 Å². The molecule has 0 heterocycles. The van der Waals surface area contributed by atoms with Crippen LogP contribution in [0.2, 0.25) is 0 Å². The summed E-state index contributed by atoms with van der Waals surface area (Å²) in [6.07, 6.45) is 1.99. The van der Waals surface area contributed by atoms with Crippen LogP contribution >= 0.6 is 0 Å². The maximum Gasteiger partial charge on any atom is 0.326 e. The van der Waals surface area contributed by atoms with Gasteiger partial charge in [0.2, 0.25) is 0 Å². The fourth-order valence-electron chi connectivity index (χ4n) is 1.73. The Labute approximate surface area is 118 Å². The molecule has 0 saturated heterocycles. The number of benzene rings is 1. The van der Waals surface area contributed by atoms with Crippen LogP contribution < -0.4 is 10.2 Å². The number of anilines is 1. The highest BCUT2D eigenvalue weighted by Crippen LogP contribution is 2.19. The summed E-state index contributed by atoms with van der Waals surface area (Å²) in [7, 11) is 1.52. The number of phenolic OH excluding ortho intramolecular Hbond substituents is 1. The van der Waals surface area contributed by atoms with Crippen LogP contribution in [0.1, 0.15) is 26.2 Å². The summed E-state index contributed by atoms with van der Waals surface area (Å²) in [5, 5.41) is 20.9. The summed E-state index contributed by atoms with van der Waals surface area (Å²) in [6, 6.07) is 4.78. The Balaban J connectivity index is 2.70. The van der Waals surface area contributed by atoms with Gasteiger partial charge in [-0.25, -0.2) is 9.59 Å². The molecule has 0 saturated carbocycles. The molecule has 0 fully saturated rings. The van der Waals surface area contributed by atoms with E-state index in [0.29, 0.717) is 12.1 Å². The Bertz CT molecular complexity index is 476. The molecule has 1 aromatic rings. The number of carbonyl (C=O) groups is 2. The fourth-order valence-corrected chi connectivity index (χ4v) is 1.73. The van der Waals surface area contributed by atoms with Crippen molar-refractivity contribution in [3.8, 4) is 5.75 Å². The van der Waals surface area contributed by atoms with Gasteiger partial charge in [-0.3, -0.25) is 4.90 Å². The molecular formula is C14H20N2O4. The average molecular weight is 280 g/mol. The van der Waals surface area contributed by atoms with E-state index < -0.39 is 18.0 Å². The third-order valence-corrected chi connectivity index (χ3v) is 2.96. The number of amides is 2. The van der Waals surface area contributed by atoms with Crippen molar-refractivity contribution < 1.29 is 19.8 Å². The van der Waals surface area contributed by atoms with Crippen molar-refractivity contribution in [3.05, 3.63) is 24.3 Å². The molecular weight excluding hydrogens is 260 g/mol. The number of urea groups is 1. The van der Waals surface area contributed by atoms with E-state index in [4.69, 9.17) is 5.11 Å². The lowest BCUT2D eigenvalue weighted by molar-refractivity contribution is -0.139. The Hall–Kier alpha value is -2.24. The predicted molar refractivity (Wildman–Crippen MR) is 76.0 cm³/mol. The van der Waals surface area contributed by atoms with E-state index in [1.165, 1.54) is 24.1 Å². The standard InChI is InChI=1S/C14H20N2O4/c1-3-4-8-12(13(18)19)15-14(20)16(2)10-6-5-7-11(17)9-10/h5-7,9,12,17H,3-4,8H2,1-2H3,(H,15,20)(H,18,19). The van der Waals surface area contributed by atoms with Crippen molar-refractivity contribution in [2.75, 3.05) is 11.9 Å². The zero-order valence-corrected chi connectivity index (χ0v) is 11.7. The van der Waals surface area contributed by atoms with Crippen LogP contribution in [0.25, 0.3) is 0 Å². The predicted octanol–water partition coefficient (Wildman–Crippen LogP) is 2.18. The number of nitrogens with one attached hydrogen (secondary N) is 1. The first-order valence-electron chi connectivity index (χ1n) is 6.51. The monoisotopic (exact) mass is 280 g/mol. The molecule has 6 heteroatoms. The molecule has 1 unspecified atom stereocenters. The van der Waals surface area contributed by atoms with Crippen molar-refractivity contribution in [3.63, 3.8) is 0 Å². The highest BCUT2D eigenvalue weighted by Gasteiger charge is 2.21. The molecule has 0 aliphatic heterocycles. The number of carboxylic acid groups (broad SMARTS) is 1. The van der Waals surface area contributed by atoms with Crippen LogP contribution in [0.3, 0.4) is 0 Å². The summed E-state index contributed by atoms with van der Waals surface area (Å²) in [5.41, 5.74) is 0.488. The van der Waals surface area contributed by atoms with E-state index in [2.05, 4.69) is 5.32 Å². The zero-order valence-electron chi connectivity index (χ0n) is 11.7. The topological polar surface area (TPSA) is 89.9 Å². The van der Waals surface area contributed by atoms with E-state index in [0.717, 1.165) is 12.8 Å². The number of rotatable bonds is 6. The zero-order chi connectivity index (χ0) is 15.1. The van der Waals surface area contributed by atoms with Gasteiger partial charge in [0.05, 0.1) is 0 Å². The number of phenols is 1. The Morgan fingerprint density at radius 3 is 2.65 bits per heavy atom. The second-order valence-electron chi connectivity index (χ2n) is 4.56. The van der Waals surface area contributed by atoms with Crippen LogP contribution in [0, 0.1) is 0 Å². The van der Waals surface area contributed by atoms with Gasteiger partial charge in [0.25, 0.3) is 0 Å². The van der Waals surface area contributed by atoms with Crippen molar-refractivity contribution in [2.45, 2.75) is 32.2 Å². The summed E-state index contributed by atoms with van der Waals surface area (Å²) in [6.45, 7) is 1.96. The van der Waals surface area contributed by atoms with Gasteiger partial charge in [-0.05, 0) is 18.6 Å². The minimum absolute atomic E-state index is 0.0444. The van der Waals surface area contributed by atoms with E-state index in [9.17, 15) is 14.7 Å². The second kappa shape index (κ2) is 7.37. The number of aromatic hydroxyl groups is 1. The first-order valence-corrected chi connectivity index (χ1v) is 6.51. The van der Waals surface area contributed by atoms with Gasteiger partial charge in [0.15, 0.2) is 0 Å². The molecule has 0 aliphatic rings. The fraction of sp³-hybridized carbons (Fsp3) is 0.429. The summed E-state index contributed by atoms with van der Waals surface area (Å²) in [5.74, 6) is -1.00. The molecule has 0 spiro atoms. The van der Waals surface area contributed by atoms with Crippen LogP contribution in [-0.2, 0) is 4.79 Å². The maximum absolute atomic E-state index is 12.0. The van der Waals surface area contributed by atoms with Gasteiger partial charge in [0.1, 0.15) is 11.8 Å². The molecule has 0 radical (unpaired) electrons. The SMILES string of the molecule is CCCCC(NC(=O)N(C)c1cccc(O)c1)C(=O)O. The molecule has 110 valence electrons. The van der Waals surface area contributed by atoms with Gasteiger partial charge >= 0.3 is 12.0 Å². The summed E-state index contributed by atoms with van der Waals surface area (Å²) >= 11 is 0. The average Bonchev–Trinajstić information content (AvgIpc) is 2.42. The lowest BCUT2D eigenvalue weighted by atomic mass is 10.1. The van der Waals surface area contributed by atoms with Gasteiger partial charge < -0.3 is 15.5 Å². The Morgan fingerprint density at radius 2 is 2.10 bits per heavy atom. The third-order valence-electron chi connectivity index (χ3n) is 2.96. The van der Waals surface area contributed by atoms with Crippen molar-refractivity contribution in [2.24, 2.45) is 0 Å². The molecule has 20 heavy (non-hydrogen) atoms. The Morgan fingerprint density at radius 1 is 1.40 bits per heavy atom. The van der Waals surface area contributed by atoms with Gasteiger partial charge in [-0.1, -0.05) is 25.8 Å². The number of nitrogens with zero attached hydrogens (tertiary/aromatic N) is 1. The smallest absolute Gasteiger partial charge is 0.326 e. The number of unbranched alkanes of at least 4 members (excludes halogenated alkanes) is 1. The molecule has 3 N–H and O–H groups in total. The number of hydrogen-bond donors (Lipinski definition) is 3. The second-order valence-corrected chi connectivity index (χ2v) is 4.56. The number of aliphatic carboxylic acids is 1. The minimum Gasteiger partial charge on any atom is -0.508 e. The maximum atomic E-state index is 12.0. The van der Waals surface area contributed by atoms with Crippen molar-refractivity contribution >= 4 is 17.7 Å². The molecule has 0 aromatic heterocycles. The first-order chi connectivity index (χ1) is 9.45. The van der Waals surface area contributed by atoms with Crippen LogP contribution in [0.4, 0.5) is 10.5 Å². The number of carbonyl (C=O) groups excluding carboxylic acids is 1. The molecule has 0 bridgehead atoms. The normalized spacial score (nSPS) is 11.7. The first kappa shape index (κ1) is 15.8. The van der Waals surface area contributed by atoms with Gasteiger partial charge in [-0.15, -0.1) is 0 Å². The number of carboxylic acids is 1. The van der Waals surface area contributed by atoms with E-state index >= 15 is 0 Å². The summed E-state index contributed by atoms with van der Waals surface area (Å²) < 4.78 is 0. The van der Waals surface area contributed by atoms with Gasteiger partial charge in [-0.2, -0.15) is 0 Å². The van der Waals surface area contributed by atoms with Crippen molar-refractivity contribution in [1.29, 1.82) is 0 Å². The Kier molecular flexibility index (Phi) is 5.83. The molecule has 6 nitrogen and oxygen atoms in total. The lowest BCUT2D eigenvalue weighted by Gasteiger charge is -2.21. The lowest BCUT2D eigenvalue weighted by Crippen LogP contribution is -2.46. The van der Waals surface area contributed by atoms with E-state index in [-0.39, 0.29) is 5.75 Å². The quantitative estimate of drug-likeness (QED) is 0.745. The van der Waals surface area contributed by atoms with Gasteiger partial charge in [0, 0.05) is 18.8 Å². The number of hydrogen-bond acceptors (Lipinski definition) is 3. The van der Waals surface area contributed by atoms with Crippen LogP contribution in [0.15, 0.2) is 24.3 Å². The highest BCUT2D eigenvalue weighted by molar-refractivity contribution is 5.94. The summed E-state index contributed by atoms with van der Waals surface area (Å²) in [4.78, 5) is 24.3. The van der Waals surface area contributed by atoms with Crippen molar-refractivity contribution in [1.82, 2.24) is 5.32 Å². The molecule has 1 atom stereocenters. The highest BCUT2D eigenvalue weighted by atomic mass is 16.4.